The molecule has 1 aliphatic rings. The fraction of sp³-hybridized carbons (Fsp3) is 0.667. The second-order valence-electron chi connectivity index (χ2n) is 6.43. The van der Waals surface area contributed by atoms with Gasteiger partial charge in [-0.1, -0.05) is 26.2 Å². The molecule has 0 unspecified atom stereocenters. The first-order valence-corrected chi connectivity index (χ1v) is 8.98. The number of aryl methyl sites for hydroxylation is 1. The van der Waals surface area contributed by atoms with Crippen LogP contribution in [0.1, 0.15) is 68.1 Å². The van der Waals surface area contributed by atoms with Gasteiger partial charge in [0.2, 0.25) is 5.91 Å². The third-order valence-electron chi connectivity index (χ3n) is 4.18. The molecule has 0 saturated heterocycles. The van der Waals surface area contributed by atoms with Crippen LogP contribution in [0.5, 0.6) is 0 Å². The second-order valence-corrected chi connectivity index (χ2v) is 6.43. The molecule has 0 aromatic carbocycles. The van der Waals surface area contributed by atoms with E-state index >= 15 is 0 Å². The van der Waals surface area contributed by atoms with Gasteiger partial charge in [0.1, 0.15) is 5.69 Å². The van der Waals surface area contributed by atoms with Crippen molar-refractivity contribution in [3.05, 3.63) is 23.8 Å². The highest BCUT2D eigenvalue weighted by Gasteiger charge is 2.33. The number of carbonyl (C=O) groups is 2. The predicted octanol–water partition coefficient (Wildman–Crippen LogP) is 2.48. The average Bonchev–Trinajstić information content (AvgIpc) is 3.40. The lowest BCUT2D eigenvalue weighted by Gasteiger charge is -2.21. The molecular formula is C18H28N4O2. The summed E-state index contributed by atoms with van der Waals surface area (Å²) in [6.45, 7) is 5.17. The molecule has 1 aliphatic carbocycles. The van der Waals surface area contributed by atoms with Crippen LogP contribution in [0.25, 0.3) is 0 Å². The molecule has 24 heavy (non-hydrogen) atoms. The molecule has 0 aliphatic heterocycles. The highest BCUT2D eigenvalue weighted by Crippen LogP contribution is 2.28. The summed E-state index contributed by atoms with van der Waals surface area (Å²) in [7, 11) is 0. The summed E-state index contributed by atoms with van der Waals surface area (Å²) >= 11 is 0. The topological polar surface area (TPSA) is 75.2 Å². The molecule has 132 valence electrons. The molecule has 2 amide bonds. The van der Waals surface area contributed by atoms with Gasteiger partial charge in [-0.3, -0.25) is 14.6 Å². The van der Waals surface area contributed by atoms with Crippen molar-refractivity contribution in [1.82, 2.24) is 20.2 Å². The number of hydrogen-bond acceptors (Lipinski definition) is 4. The average molecular weight is 332 g/mol. The zero-order valence-electron chi connectivity index (χ0n) is 14.8. The fourth-order valence-corrected chi connectivity index (χ4v) is 2.58. The van der Waals surface area contributed by atoms with E-state index in [-0.39, 0.29) is 17.9 Å². The van der Waals surface area contributed by atoms with E-state index < -0.39 is 0 Å². The maximum Gasteiger partial charge on any atom is 0.274 e. The zero-order valence-corrected chi connectivity index (χ0v) is 14.8. The number of unbranched alkanes of at least 4 members (excludes halogenated alkanes) is 3. The number of aromatic nitrogens is 2. The van der Waals surface area contributed by atoms with Crippen molar-refractivity contribution >= 4 is 11.8 Å². The molecule has 0 atom stereocenters. The van der Waals surface area contributed by atoms with Gasteiger partial charge >= 0.3 is 0 Å². The Balaban J connectivity index is 1.78. The maximum absolute atomic E-state index is 12.6. The highest BCUT2D eigenvalue weighted by molar-refractivity contribution is 5.92. The van der Waals surface area contributed by atoms with Crippen molar-refractivity contribution in [3.63, 3.8) is 0 Å². The van der Waals surface area contributed by atoms with Crippen LogP contribution in [0.3, 0.4) is 0 Å². The smallest absolute Gasteiger partial charge is 0.274 e. The first kappa shape index (κ1) is 18.4. The summed E-state index contributed by atoms with van der Waals surface area (Å²) in [4.78, 5) is 34.6. The first-order valence-electron chi connectivity index (χ1n) is 8.98. The van der Waals surface area contributed by atoms with Gasteiger partial charge in [0.15, 0.2) is 0 Å². The van der Waals surface area contributed by atoms with Crippen LogP contribution < -0.4 is 5.32 Å². The minimum Gasteiger partial charge on any atom is -0.356 e. The summed E-state index contributed by atoms with van der Waals surface area (Å²) in [6, 6.07) is 0.248. The maximum atomic E-state index is 12.6. The van der Waals surface area contributed by atoms with Crippen LogP contribution in [-0.4, -0.2) is 45.8 Å². The lowest BCUT2D eigenvalue weighted by Crippen LogP contribution is -2.37. The molecule has 2 rings (SSSR count). The minimum atomic E-state index is -0.124. The van der Waals surface area contributed by atoms with Crippen molar-refractivity contribution in [2.24, 2.45) is 0 Å². The van der Waals surface area contributed by atoms with Gasteiger partial charge in [0, 0.05) is 31.7 Å². The Morgan fingerprint density at radius 1 is 1.21 bits per heavy atom. The number of rotatable bonds is 10. The third-order valence-corrected chi connectivity index (χ3v) is 4.18. The van der Waals surface area contributed by atoms with Crippen LogP contribution in [0.4, 0.5) is 0 Å². The molecule has 0 spiro atoms. The van der Waals surface area contributed by atoms with Gasteiger partial charge in [-0.2, -0.15) is 0 Å². The lowest BCUT2D eigenvalue weighted by atomic mass is 10.2. The molecule has 0 radical (unpaired) electrons. The molecule has 1 aromatic rings. The number of carbonyl (C=O) groups excluding carboxylic acids is 2. The van der Waals surface area contributed by atoms with Crippen LogP contribution in [-0.2, 0) is 4.79 Å². The van der Waals surface area contributed by atoms with E-state index in [9.17, 15) is 9.59 Å². The zero-order chi connectivity index (χ0) is 17.4. The Bertz CT molecular complexity index is 540. The highest BCUT2D eigenvalue weighted by atomic mass is 16.2. The van der Waals surface area contributed by atoms with E-state index in [0.717, 1.165) is 37.9 Å². The van der Waals surface area contributed by atoms with Gasteiger partial charge in [-0.25, -0.2) is 4.98 Å². The van der Waals surface area contributed by atoms with Crippen molar-refractivity contribution < 1.29 is 9.59 Å². The molecule has 1 aromatic heterocycles. The summed E-state index contributed by atoms with van der Waals surface area (Å²) in [6.07, 6.45) is 10.0. The van der Waals surface area contributed by atoms with Gasteiger partial charge in [-0.05, 0) is 26.2 Å². The summed E-state index contributed by atoms with van der Waals surface area (Å²) < 4.78 is 0. The van der Waals surface area contributed by atoms with E-state index in [4.69, 9.17) is 0 Å². The van der Waals surface area contributed by atoms with Crippen molar-refractivity contribution in [1.29, 1.82) is 0 Å². The van der Waals surface area contributed by atoms with E-state index in [1.54, 1.807) is 11.1 Å². The molecule has 6 nitrogen and oxygen atoms in total. The molecule has 6 heteroatoms. The minimum absolute atomic E-state index is 0.0138. The fourth-order valence-electron chi connectivity index (χ4n) is 2.58. The number of hydrogen-bond donors (Lipinski definition) is 1. The Hall–Kier alpha value is -1.98. The molecular weight excluding hydrogens is 304 g/mol. The van der Waals surface area contributed by atoms with Crippen molar-refractivity contribution in [2.75, 3.05) is 13.1 Å². The predicted molar refractivity (Wildman–Crippen MR) is 92.6 cm³/mol. The van der Waals surface area contributed by atoms with Crippen molar-refractivity contribution in [2.45, 2.75) is 64.8 Å². The van der Waals surface area contributed by atoms with Gasteiger partial charge in [-0.15, -0.1) is 0 Å². The number of amides is 2. The second kappa shape index (κ2) is 9.35. The van der Waals surface area contributed by atoms with Crippen LogP contribution >= 0.6 is 0 Å². The Labute approximate surface area is 144 Å². The van der Waals surface area contributed by atoms with E-state index in [1.165, 1.54) is 19.0 Å². The Morgan fingerprint density at radius 2 is 2.00 bits per heavy atom. The number of nitrogens with zero attached hydrogens (tertiary/aromatic N) is 3. The lowest BCUT2D eigenvalue weighted by molar-refractivity contribution is -0.121. The summed E-state index contributed by atoms with van der Waals surface area (Å²) in [5.41, 5.74) is 1.14. The van der Waals surface area contributed by atoms with E-state index in [1.807, 2.05) is 6.92 Å². The third kappa shape index (κ3) is 5.91. The van der Waals surface area contributed by atoms with Crippen LogP contribution in [0.2, 0.25) is 0 Å². The SMILES string of the molecule is CCCCCCNC(=O)CCN(C(=O)c1cnc(C)cn1)C1CC1. The molecule has 0 bridgehead atoms. The molecule has 1 saturated carbocycles. The van der Waals surface area contributed by atoms with Gasteiger partial charge < -0.3 is 10.2 Å². The molecule has 1 heterocycles. The Kier molecular flexibility index (Phi) is 7.15. The van der Waals surface area contributed by atoms with Gasteiger partial charge in [0.05, 0.1) is 11.9 Å². The van der Waals surface area contributed by atoms with Crippen molar-refractivity contribution in [3.8, 4) is 0 Å². The first-order chi connectivity index (χ1) is 11.6. The van der Waals surface area contributed by atoms with Gasteiger partial charge in [0.25, 0.3) is 5.91 Å². The largest absolute Gasteiger partial charge is 0.356 e. The van der Waals surface area contributed by atoms with E-state index in [0.29, 0.717) is 18.7 Å². The summed E-state index contributed by atoms with van der Waals surface area (Å²) in [5, 5.41) is 2.94. The van der Waals surface area contributed by atoms with Crippen LogP contribution in [0, 0.1) is 6.92 Å². The standard InChI is InChI=1S/C18H28N4O2/c1-3-4-5-6-10-19-17(23)9-11-22(15-7-8-15)18(24)16-13-20-14(2)12-21-16/h12-13,15H,3-11H2,1-2H3,(H,19,23). The monoisotopic (exact) mass is 332 g/mol. The summed E-state index contributed by atoms with van der Waals surface area (Å²) in [5.74, 6) is -0.110. The normalized spacial score (nSPS) is 13.6. The Morgan fingerprint density at radius 3 is 2.62 bits per heavy atom. The number of nitrogens with one attached hydrogen (secondary N) is 1. The quantitative estimate of drug-likeness (QED) is 0.668. The molecule has 1 N–H and O–H groups in total. The van der Waals surface area contributed by atoms with Crippen LogP contribution in [0.15, 0.2) is 12.4 Å². The van der Waals surface area contributed by atoms with E-state index in [2.05, 4.69) is 22.2 Å². The molecule has 1 fully saturated rings.